The average Bonchev–Trinajstić information content (AvgIpc) is 3.43. The molecule has 4 aromatic rings. The highest BCUT2D eigenvalue weighted by molar-refractivity contribution is 5.58. The van der Waals surface area contributed by atoms with Gasteiger partial charge < -0.3 is 4.42 Å². The Balaban J connectivity index is 1.27. The Hall–Kier alpha value is -3.53. The van der Waals surface area contributed by atoms with E-state index in [-0.39, 0.29) is 18.0 Å². The maximum atomic E-state index is 14.6. The minimum atomic E-state index is -2.88. The molecule has 1 aliphatic rings. The summed E-state index contributed by atoms with van der Waals surface area (Å²) in [5.74, 6) is -1.49. The van der Waals surface area contributed by atoms with Gasteiger partial charge in [0.25, 0.3) is 5.89 Å². The Bertz CT molecular complexity index is 1220. The first-order chi connectivity index (χ1) is 15.5. The van der Waals surface area contributed by atoms with Gasteiger partial charge in [0.1, 0.15) is 11.5 Å². The predicted octanol–water partition coefficient (Wildman–Crippen LogP) is 4.33. The van der Waals surface area contributed by atoms with Gasteiger partial charge in [0.15, 0.2) is 0 Å². The van der Waals surface area contributed by atoms with Gasteiger partial charge in [0, 0.05) is 23.2 Å². The minimum Gasteiger partial charge on any atom is -0.415 e. The Morgan fingerprint density at radius 3 is 2.38 bits per heavy atom. The van der Waals surface area contributed by atoms with E-state index in [0.29, 0.717) is 11.3 Å². The number of rotatable bonds is 7. The molecule has 0 spiro atoms. The van der Waals surface area contributed by atoms with Crippen LogP contribution >= 0.6 is 0 Å². The molecule has 0 saturated carbocycles. The largest absolute Gasteiger partial charge is 0.415 e. The van der Waals surface area contributed by atoms with Crippen LogP contribution in [0.5, 0.6) is 0 Å². The van der Waals surface area contributed by atoms with Gasteiger partial charge in [-0.25, -0.2) is 9.07 Å². The Labute approximate surface area is 181 Å². The van der Waals surface area contributed by atoms with Crippen molar-refractivity contribution in [2.75, 3.05) is 13.1 Å². The van der Waals surface area contributed by atoms with Crippen LogP contribution in [-0.4, -0.2) is 43.2 Å². The normalized spacial score (nSPS) is 14.1. The average molecular weight is 440 g/mol. The number of halogens is 3. The van der Waals surface area contributed by atoms with Crippen LogP contribution in [0.1, 0.15) is 29.9 Å². The smallest absolute Gasteiger partial charge is 0.314 e. The van der Waals surface area contributed by atoms with Crippen LogP contribution in [-0.2, 0) is 13.1 Å². The fourth-order valence-corrected chi connectivity index (χ4v) is 3.51. The number of hydrogen-bond donors (Lipinski definition) is 0. The summed E-state index contributed by atoms with van der Waals surface area (Å²) < 4.78 is 46.2. The molecule has 0 amide bonds. The zero-order chi connectivity index (χ0) is 22.1. The highest BCUT2D eigenvalue weighted by Gasteiger charge is 2.18. The second-order valence-corrected chi connectivity index (χ2v) is 7.68. The summed E-state index contributed by atoms with van der Waals surface area (Å²) in [6, 6.07) is 12.4. The molecule has 2 aromatic heterocycles. The summed E-state index contributed by atoms with van der Waals surface area (Å²) in [6.45, 7) is 3.42. The van der Waals surface area contributed by atoms with Crippen molar-refractivity contribution >= 4 is 0 Å². The molecule has 3 heterocycles. The number of benzene rings is 2. The summed E-state index contributed by atoms with van der Waals surface area (Å²) in [6.07, 6.45) is 0.143. The van der Waals surface area contributed by atoms with Crippen LogP contribution < -0.4 is 0 Å². The molecular weight excluding hydrogens is 421 g/mol. The number of likely N-dealkylation sites (tertiary alicyclic amines) is 1. The zero-order valence-corrected chi connectivity index (χ0v) is 17.0. The van der Waals surface area contributed by atoms with Crippen molar-refractivity contribution in [2.24, 2.45) is 0 Å². The molecule has 10 heteroatoms. The lowest BCUT2D eigenvalue weighted by molar-refractivity contribution is 0.116. The van der Waals surface area contributed by atoms with E-state index >= 15 is 0 Å². The van der Waals surface area contributed by atoms with E-state index in [1.54, 1.807) is 10.9 Å². The first-order valence-electron chi connectivity index (χ1n) is 10.2. The maximum absolute atomic E-state index is 14.6. The molecule has 2 aromatic carbocycles. The Kier molecular flexibility index (Phi) is 5.44. The van der Waals surface area contributed by atoms with Gasteiger partial charge in [-0.2, -0.15) is 8.78 Å². The van der Waals surface area contributed by atoms with E-state index in [2.05, 4.69) is 37.5 Å². The van der Waals surface area contributed by atoms with E-state index in [0.717, 1.165) is 25.2 Å². The van der Waals surface area contributed by atoms with Crippen LogP contribution in [0.15, 0.2) is 53.1 Å². The van der Waals surface area contributed by atoms with Crippen LogP contribution in [0.2, 0.25) is 0 Å². The molecule has 32 heavy (non-hydrogen) atoms. The molecule has 164 valence electrons. The van der Waals surface area contributed by atoms with E-state index in [4.69, 9.17) is 4.42 Å². The van der Waals surface area contributed by atoms with Crippen molar-refractivity contribution in [3.8, 4) is 22.7 Å². The van der Waals surface area contributed by atoms with E-state index in [1.807, 2.05) is 12.1 Å². The monoisotopic (exact) mass is 440 g/mol. The molecule has 0 N–H and O–H groups in total. The fraction of sp³-hybridized carbons (Fsp3) is 0.273. The van der Waals surface area contributed by atoms with Crippen molar-refractivity contribution in [2.45, 2.75) is 25.9 Å². The summed E-state index contributed by atoms with van der Waals surface area (Å²) in [7, 11) is 0. The minimum absolute atomic E-state index is 0.161. The molecule has 0 radical (unpaired) electrons. The number of hydrogen-bond acceptors (Lipinski definition) is 6. The summed E-state index contributed by atoms with van der Waals surface area (Å²) in [5.41, 5.74) is 3.48. The third kappa shape index (κ3) is 4.26. The third-order valence-corrected chi connectivity index (χ3v) is 5.40. The highest BCUT2D eigenvalue weighted by atomic mass is 19.3. The van der Waals surface area contributed by atoms with Gasteiger partial charge in [0.05, 0.1) is 12.7 Å². The van der Waals surface area contributed by atoms with Gasteiger partial charge >= 0.3 is 6.43 Å². The highest BCUT2D eigenvalue weighted by Crippen LogP contribution is 2.25. The summed E-state index contributed by atoms with van der Waals surface area (Å²) in [5, 5.41) is 15.1. The first kappa shape index (κ1) is 20.4. The molecular formula is C22H19F3N6O. The topological polar surface area (TPSA) is 72.9 Å². The van der Waals surface area contributed by atoms with Crippen molar-refractivity contribution in [1.82, 2.24) is 30.1 Å². The van der Waals surface area contributed by atoms with Gasteiger partial charge in [-0.1, -0.05) is 35.5 Å². The molecule has 1 aliphatic heterocycles. The van der Waals surface area contributed by atoms with Gasteiger partial charge in [0.2, 0.25) is 5.89 Å². The number of alkyl halides is 2. The predicted molar refractivity (Wildman–Crippen MR) is 109 cm³/mol. The Morgan fingerprint density at radius 2 is 1.72 bits per heavy atom. The van der Waals surface area contributed by atoms with E-state index in [9.17, 15) is 13.2 Å². The first-order valence-corrected chi connectivity index (χ1v) is 10.2. The molecule has 1 fully saturated rings. The lowest BCUT2D eigenvalue weighted by Gasteiger charge is -2.30. The molecule has 5 rings (SSSR count). The second kappa shape index (κ2) is 8.54. The fourth-order valence-electron chi connectivity index (χ4n) is 3.51. The standard InChI is InChI=1S/C22H19F3N6O/c23-18-10-16(21-27-28-22(32-21)20(24)25)6-7-17(18)12-31-13-19(26-29-31)15-4-2-14(3-5-15)11-30-8-1-9-30/h2-7,10,13,20H,1,8-9,11-12H2. The Morgan fingerprint density at radius 1 is 0.938 bits per heavy atom. The third-order valence-electron chi connectivity index (χ3n) is 5.40. The van der Waals surface area contributed by atoms with Crippen LogP contribution in [0.25, 0.3) is 22.7 Å². The molecule has 0 aliphatic carbocycles. The van der Waals surface area contributed by atoms with Crippen molar-refractivity contribution < 1.29 is 17.6 Å². The molecule has 0 bridgehead atoms. The lowest BCUT2D eigenvalue weighted by Crippen LogP contribution is -2.36. The van der Waals surface area contributed by atoms with E-state index in [1.165, 1.54) is 30.2 Å². The van der Waals surface area contributed by atoms with Crippen LogP contribution in [0, 0.1) is 5.82 Å². The van der Waals surface area contributed by atoms with Crippen LogP contribution in [0.3, 0.4) is 0 Å². The van der Waals surface area contributed by atoms with Crippen molar-refractivity contribution in [3.05, 3.63) is 71.5 Å². The van der Waals surface area contributed by atoms with Crippen LogP contribution in [0.4, 0.5) is 13.2 Å². The summed E-state index contributed by atoms with van der Waals surface area (Å²) >= 11 is 0. The van der Waals surface area contributed by atoms with E-state index < -0.39 is 18.1 Å². The SMILES string of the molecule is Fc1cc(-c2nnc(C(F)F)o2)ccc1Cn1cc(-c2ccc(CN3CCC3)cc2)nn1. The molecule has 7 nitrogen and oxygen atoms in total. The lowest BCUT2D eigenvalue weighted by atomic mass is 10.1. The van der Waals surface area contributed by atoms with Gasteiger partial charge in [-0.15, -0.1) is 15.3 Å². The van der Waals surface area contributed by atoms with Crippen molar-refractivity contribution in [1.29, 1.82) is 0 Å². The van der Waals surface area contributed by atoms with Gasteiger partial charge in [-0.3, -0.25) is 4.90 Å². The molecule has 1 saturated heterocycles. The summed E-state index contributed by atoms with van der Waals surface area (Å²) in [4.78, 5) is 2.39. The maximum Gasteiger partial charge on any atom is 0.314 e. The van der Waals surface area contributed by atoms with Crippen molar-refractivity contribution in [3.63, 3.8) is 0 Å². The quantitative estimate of drug-likeness (QED) is 0.426. The molecule has 0 unspecified atom stereocenters. The molecule has 0 atom stereocenters. The second-order valence-electron chi connectivity index (χ2n) is 7.68. The number of aromatic nitrogens is 5. The van der Waals surface area contributed by atoms with Gasteiger partial charge in [-0.05, 0) is 37.2 Å². The number of nitrogens with zero attached hydrogens (tertiary/aromatic N) is 6. The zero-order valence-electron chi connectivity index (χ0n) is 17.0.